The zero-order chi connectivity index (χ0) is 18.1. The Hall–Kier alpha value is -3.51. The summed E-state index contributed by atoms with van der Waals surface area (Å²) in [5.41, 5.74) is 3.40. The fourth-order valence-electron chi connectivity index (χ4n) is 3.09. The lowest BCUT2D eigenvalue weighted by atomic mass is 10.1. The van der Waals surface area contributed by atoms with E-state index in [1.165, 1.54) is 6.07 Å². The molecule has 2 N–H and O–H groups in total. The molecule has 1 amide bonds. The quantitative estimate of drug-likeness (QED) is 0.442. The van der Waals surface area contributed by atoms with Gasteiger partial charge in [-0.3, -0.25) is 19.8 Å². The minimum Gasteiger partial charge on any atom is -0.310 e. The number of nitrogens with one attached hydrogen (secondary N) is 1. The first kappa shape index (κ1) is 16.0. The number of hydrogen-bond donors (Lipinski definition) is 2. The number of carbonyl (C=O) groups is 1. The fraction of sp³-hybridized carbons (Fsp3) is 0.0500. The molecule has 0 saturated heterocycles. The molecule has 4 rings (SSSR count). The second kappa shape index (κ2) is 6.42. The van der Waals surface area contributed by atoms with Crippen LogP contribution in [0.15, 0.2) is 71.8 Å². The molecule has 128 valence electrons. The largest absolute Gasteiger partial charge is 0.310 e. The maximum atomic E-state index is 12.9. The van der Waals surface area contributed by atoms with Gasteiger partial charge in [-0.15, -0.1) is 0 Å². The van der Waals surface area contributed by atoms with Crippen molar-refractivity contribution < 1.29 is 10.0 Å². The predicted octanol–water partition coefficient (Wildman–Crippen LogP) is 2.72. The molecule has 0 fully saturated rings. The number of fused-ring (bicyclic) bond motifs is 2. The Morgan fingerprint density at radius 2 is 1.92 bits per heavy atom. The Morgan fingerprint density at radius 1 is 1.08 bits per heavy atom. The highest BCUT2D eigenvalue weighted by Gasteiger charge is 2.10. The first-order valence-electron chi connectivity index (χ1n) is 8.07. The van der Waals surface area contributed by atoms with Gasteiger partial charge >= 0.3 is 0 Å². The second-order valence-electron chi connectivity index (χ2n) is 5.98. The van der Waals surface area contributed by atoms with Crippen molar-refractivity contribution in [3.8, 4) is 0 Å². The highest BCUT2D eigenvalue weighted by molar-refractivity contribution is 5.97. The average Bonchev–Trinajstić information content (AvgIpc) is 2.69. The van der Waals surface area contributed by atoms with Crippen LogP contribution in [0.5, 0.6) is 0 Å². The van der Waals surface area contributed by atoms with Crippen molar-refractivity contribution >= 4 is 27.6 Å². The van der Waals surface area contributed by atoms with Crippen LogP contribution < -0.4 is 11.0 Å². The third-order valence-electron chi connectivity index (χ3n) is 4.40. The number of hydroxylamine groups is 1. The van der Waals surface area contributed by atoms with Crippen LogP contribution in [0.2, 0.25) is 0 Å². The molecule has 2 heterocycles. The number of carbonyl (C=O) groups excluding carboxylic acids is 1. The maximum Gasteiger partial charge on any atom is 0.274 e. The minimum atomic E-state index is -0.653. The third-order valence-corrected chi connectivity index (χ3v) is 4.40. The Kier molecular flexibility index (Phi) is 3.95. The topological polar surface area (TPSA) is 84.2 Å². The van der Waals surface area contributed by atoms with Gasteiger partial charge in [-0.1, -0.05) is 30.3 Å². The summed E-state index contributed by atoms with van der Waals surface area (Å²) in [4.78, 5) is 28.9. The summed E-state index contributed by atoms with van der Waals surface area (Å²) >= 11 is 0. The highest BCUT2D eigenvalue weighted by atomic mass is 16.5. The van der Waals surface area contributed by atoms with Crippen molar-refractivity contribution in [3.63, 3.8) is 0 Å². The van der Waals surface area contributed by atoms with Crippen LogP contribution in [-0.4, -0.2) is 20.7 Å². The smallest absolute Gasteiger partial charge is 0.274 e. The zero-order valence-electron chi connectivity index (χ0n) is 13.7. The number of para-hydroxylation sites is 1. The van der Waals surface area contributed by atoms with E-state index in [0.717, 1.165) is 21.9 Å². The Balaban J connectivity index is 1.82. The lowest BCUT2D eigenvalue weighted by molar-refractivity contribution is 0.0706. The molecule has 2 aromatic carbocycles. The molecular weight excluding hydrogens is 330 g/mol. The van der Waals surface area contributed by atoms with Crippen molar-refractivity contribution in [1.82, 2.24) is 15.0 Å². The number of aromatic nitrogens is 2. The summed E-state index contributed by atoms with van der Waals surface area (Å²) in [5, 5.41) is 11.0. The molecular formula is C20H15N3O3. The van der Waals surface area contributed by atoms with Crippen molar-refractivity contribution in [2.75, 3.05) is 0 Å². The summed E-state index contributed by atoms with van der Waals surface area (Å²) in [6.07, 6.45) is 3.47. The van der Waals surface area contributed by atoms with Crippen LogP contribution in [0, 0.1) is 0 Å². The van der Waals surface area contributed by atoms with Crippen LogP contribution in [-0.2, 0) is 6.54 Å². The number of benzene rings is 2. The van der Waals surface area contributed by atoms with E-state index in [2.05, 4.69) is 4.98 Å². The number of hydrogen-bond acceptors (Lipinski definition) is 4. The van der Waals surface area contributed by atoms with E-state index in [9.17, 15) is 9.59 Å². The monoisotopic (exact) mass is 345 g/mol. The summed E-state index contributed by atoms with van der Waals surface area (Å²) in [6.45, 7) is 0.375. The third kappa shape index (κ3) is 2.72. The molecule has 0 aliphatic heterocycles. The normalized spacial score (nSPS) is 11.0. The fourth-order valence-corrected chi connectivity index (χ4v) is 3.09. The molecule has 0 radical (unpaired) electrons. The van der Waals surface area contributed by atoms with Crippen molar-refractivity contribution in [2.45, 2.75) is 6.54 Å². The van der Waals surface area contributed by atoms with Crippen molar-refractivity contribution in [2.24, 2.45) is 0 Å². The van der Waals surface area contributed by atoms with E-state index in [-0.39, 0.29) is 11.1 Å². The standard InChI is InChI=1S/C20H15N3O3/c24-19(22-26)15-7-6-13-8-10-23(20(25)17(13)11-15)12-16-4-1-3-14-5-2-9-21-18(14)16/h1-11,26H,12H2,(H,22,24). The first-order chi connectivity index (χ1) is 12.7. The highest BCUT2D eigenvalue weighted by Crippen LogP contribution is 2.18. The van der Waals surface area contributed by atoms with Gasteiger partial charge in [-0.05, 0) is 35.2 Å². The zero-order valence-corrected chi connectivity index (χ0v) is 13.7. The van der Waals surface area contributed by atoms with Crippen LogP contribution in [0.4, 0.5) is 0 Å². The lowest BCUT2D eigenvalue weighted by Crippen LogP contribution is -2.22. The molecule has 0 atom stereocenters. The average molecular weight is 345 g/mol. The van der Waals surface area contributed by atoms with Crippen LogP contribution in [0.1, 0.15) is 15.9 Å². The molecule has 0 saturated carbocycles. The first-order valence-corrected chi connectivity index (χ1v) is 8.07. The van der Waals surface area contributed by atoms with Crippen LogP contribution in [0.25, 0.3) is 21.7 Å². The SMILES string of the molecule is O=C(NO)c1ccc2ccn(Cc3cccc4cccnc34)c(=O)c2c1. The summed E-state index contributed by atoms with van der Waals surface area (Å²) in [6, 6.07) is 16.3. The summed E-state index contributed by atoms with van der Waals surface area (Å²) < 4.78 is 1.59. The lowest BCUT2D eigenvalue weighted by Gasteiger charge is -2.10. The number of nitrogens with zero attached hydrogens (tertiary/aromatic N) is 2. The van der Waals surface area contributed by atoms with E-state index in [1.54, 1.807) is 34.6 Å². The van der Waals surface area contributed by atoms with Gasteiger partial charge < -0.3 is 4.57 Å². The number of amides is 1. The summed E-state index contributed by atoms with van der Waals surface area (Å²) in [5.74, 6) is -0.653. The number of rotatable bonds is 3. The van der Waals surface area contributed by atoms with Gasteiger partial charge in [0.15, 0.2) is 0 Å². The molecule has 4 aromatic rings. The molecule has 26 heavy (non-hydrogen) atoms. The molecule has 6 heteroatoms. The van der Waals surface area contributed by atoms with Crippen LogP contribution >= 0.6 is 0 Å². The molecule has 0 aliphatic carbocycles. The van der Waals surface area contributed by atoms with Crippen molar-refractivity contribution in [3.05, 3.63) is 88.5 Å². The molecule has 0 unspecified atom stereocenters. The van der Waals surface area contributed by atoms with Gasteiger partial charge in [-0.2, -0.15) is 0 Å². The molecule has 6 nitrogen and oxygen atoms in total. The van der Waals surface area contributed by atoms with E-state index in [4.69, 9.17) is 5.21 Å². The van der Waals surface area contributed by atoms with Gasteiger partial charge in [0.1, 0.15) is 0 Å². The molecule has 0 aliphatic rings. The van der Waals surface area contributed by atoms with Gasteiger partial charge in [0, 0.05) is 28.7 Å². The Morgan fingerprint density at radius 3 is 2.77 bits per heavy atom. The van der Waals surface area contributed by atoms with E-state index >= 15 is 0 Å². The van der Waals surface area contributed by atoms with E-state index in [1.807, 2.05) is 36.4 Å². The van der Waals surface area contributed by atoms with Gasteiger partial charge in [0.2, 0.25) is 0 Å². The maximum absolute atomic E-state index is 12.9. The van der Waals surface area contributed by atoms with Gasteiger partial charge in [0.25, 0.3) is 11.5 Å². The van der Waals surface area contributed by atoms with E-state index in [0.29, 0.717) is 11.9 Å². The second-order valence-corrected chi connectivity index (χ2v) is 5.98. The van der Waals surface area contributed by atoms with Gasteiger partial charge in [-0.25, -0.2) is 5.48 Å². The summed E-state index contributed by atoms with van der Waals surface area (Å²) in [7, 11) is 0. The van der Waals surface area contributed by atoms with E-state index < -0.39 is 5.91 Å². The predicted molar refractivity (Wildman–Crippen MR) is 98.3 cm³/mol. The molecule has 2 aromatic heterocycles. The minimum absolute atomic E-state index is 0.206. The number of pyridine rings is 2. The Labute approximate surface area is 148 Å². The van der Waals surface area contributed by atoms with Crippen LogP contribution in [0.3, 0.4) is 0 Å². The van der Waals surface area contributed by atoms with Crippen molar-refractivity contribution in [1.29, 1.82) is 0 Å². The van der Waals surface area contributed by atoms with Gasteiger partial charge in [0.05, 0.1) is 12.1 Å². The molecule has 0 bridgehead atoms. The molecule has 0 spiro atoms. The Bertz CT molecular complexity index is 1190.